The predicted octanol–water partition coefficient (Wildman–Crippen LogP) is 3.07. The third kappa shape index (κ3) is 4.84. The van der Waals surface area contributed by atoms with E-state index in [2.05, 4.69) is 22.3 Å². The molecule has 25 heavy (non-hydrogen) atoms. The fourth-order valence-corrected chi connectivity index (χ4v) is 3.05. The highest BCUT2D eigenvalue weighted by Gasteiger charge is 2.22. The first-order valence-electron chi connectivity index (χ1n) is 8.38. The highest BCUT2D eigenvalue weighted by atomic mass is 35.5. The van der Waals surface area contributed by atoms with Gasteiger partial charge < -0.3 is 11.1 Å². The first-order chi connectivity index (χ1) is 12.1. The van der Waals surface area contributed by atoms with E-state index in [1.54, 1.807) is 0 Å². The highest BCUT2D eigenvalue weighted by molar-refractivity contribution is 6.30. The highest BCUT2D eigenvalue weighted by Crippen LogP contribution is 2.17. The average molecular weight is 356 g/mol. The molecule has 0 atom stereocenters. The number of halogens is 1. The van der Waals surface area contributed by atoms with E-state index in [4.69, 9.17) is 17.3 Å². The van der Waals surface area contributed by atoms with Gasteiger partial charge in [-0.15, -0.1) is 0 Å². The lowest BCUT2D eigenvalue weighted by molar-refractivity contribution is -0.118. The Labute approximate surface area is 153 Å². The van der Waals surface area contributed by atoms with Gasteiger partial charge in [-0.25, -0.2) is 0 Å². The van der Waals surface area contributed by atoms with Crippen LogP contribution in [0.5, 0.6) is 0 Å². The Morgan fingerprint density at radius 3 is 2.52 bits per heavy atom. The van der Waals surface area contributed by atoms with Gasteiger partial charge in [-0.2, -0.15) is 0 Å². The molecule has 0 unspecified atom stereocenters. The van der Waals surface area contributed by atoms with Crippen molar-refractivity contribution in [3.63, 3.8) is 0 Å². The molecule has 1 heterocycles. The molecule has 0 bridgehead atoms. The maximum absolute atomic E-state index is 12.5. The molecule has 0 spiro atoms. The minimum absolute atomic E-state index is 0.0924. The second-order valence-electron chi connectivity index (χ2n) is 6.26. The van der Waals surface area contributed by atoms with E-state index in [1.165, 1.54) is 5.56 Å². The summed E-state index contributed by atoms with van der Waals surface area (Å²) in [6.07, 6.45) is 0.719. The van der Waals surface area contributed by atoms with Crippen LogP contribution in [0.25, 0.3) is 0 Å². The van der Waals surface area contributed by atoms with Crippen molar-refractivity contribution < 1.29 is 4.79 Å². The molecule has 3 N–H and O–H groups in total. The fraction of sp³-hybridized carbons (Fsp3) is 0.250. The molecule has 130 valence electrons. The Hall–Kier alpha value is -2.30. The molecule has 5 heteroatoms. The van der Waals surface area contributed by atoms with Crippen LogP contribution in [0.4, 0.5) is 0 Å². The van der Waals surface area contributed by atoms with Gasteiger partial charge >= 0.3 is 0 Å². The van der Waals surface area contributed by atoms with Crippen LogP contribution in [0.1, 0.15) is 17.5 Å². The molecule has 0 saturated heterocycles. The molecule has 1 aliphatic heterocycles. The van der Waals surface area contributed by atoms with Gasteiger partial charge in [-0.05, 0) is 23.3 Å². The minimum Gasteiger partial charge on any atom is -0.402 e. The van der Waals surface area contributed by atoms with Gasteiger partial charge in [-0.1, -0.05) is 54.1 Å². The average Bonchev–Trinajstić information content (AvgIpc) is 2.63. The third-order valence-electron chi connectivity index (χ3n) is 4.36. The summed E-state index contributed by atoms with van der Waals surface area (Å²) < 4.78 is 0. The Bertz CT molecular complexity index is 756. The maximum Gasteiger partial charge on any atom is 0.250 e. The van der Waals surface area contributed by atoms with Crippen LogP contribution in [-0.2, 0) is 17.9 Å². The summed E-state index contributed by atoms with van der Waals surface area (Å²) >= 11 is 5.88. The third-order valence-corrected chi connectivity index (χ3v) is 4.61. The number of rotatable bonds is 5. The summed E-state index contributed by atoms with van der Waals surface area (Å²) in [5, 5.41) is 3.64. The van der Waals surface area contributed by atoms with Gasteiger partial charge in [0.05, 0.1) is 0 Å². The van der Waals surface area contributed by atoms with Crippen molar-refractivity contribution in [1.29, 1.82) is 0 Å². The summed E-state index contributed by atoms with van der Waals surface area (Å²) in [4.78, 5) is 14.8. The van der Waals surface area contributed by atoms with Crippen molar-refractivity contribution in [1.82, 2.24) is 10.2 Å². The normalized spacial score (nSPS) is 15.2. The van der Waals surface area contributed by atoms with Crippen LogP contribution in [0.15, 0.2) is 65.9 Å². The molecule has 2 aromatic rings. The lowest BCUT2D eigenvalue weighted by Crippen LogP contribution is -2.39. The lowest BCUT2D eigenvalue weighted by atomic mass is 10.0. The van der Waals surface area contributed by atoms with Crippen molar-refractivity contribution in [2.75, 3.05) is 13.1 Å². The summed E-state index contributed by atoms with van der Waals surface area (Å²) in [6.45, 7) is 2.73. The molecule has 0 aliphatic carbocycles. The van der Waals surface area contributed by atoms with Crippen molar-refractivity contribution in [2.45, 2.75) is 19.5 Å². The number of hydrogen-bond acceptors (Lipinski definition) is 3. The standard InChI is InChI=1S/C20H22ClN3O/c21-17-8-6-15(7-9-17)12-23-20(25)18-14-24(11-10-19(18)22)13-16-4-2-1-3-5-16/h1-9H,10-14,22H2,(H,23,25). The van der Waals surface area contributed by atoms with E-state index in [-0.39, 0.29) is 5.91 Å². The van der Waals surface area contributed by atoms with Crippen LogP contribution in [0.2, 0.25) is 5.02 Å². The van der Waals surface area contributed by atoms with Gasteiger partial charge in [-0.3, -0.25) is 9.69 Å². The SMILES string of the molecule is NC1=C(C(=O)NCc2ccc(Cl)cc2)CN(Cc2ccccc2)CC1. The molecule has 4 nitrogen and oxygen atoms in total. The van der Waals surface area contributed by atoms with E-state index >= 15 is 0 Å². The Balaban J connectivity index is 1.59. The van der Waals surface area contributed by atoms with Crippen LogP contribution < -0.4 is 11.1 Å². The monoisotopic (exact) mass is 355 g/mol. The Morgan fingerprint density at radius 2 is 1.80 bits per heavy atom. The molecule has 3 rings (SSSR count). The van der Waals surface area contributed by atoms with E-state index < -0.39 is 0 Å². The summed E-state index contributed by atoms with van der Waals surface area (Å²) in [5.74, 6) is -0.0924. The van der Waals surface area contributed by atoms with Crippen LogP contribution in [0, 0.1) is 0 Å². The van der Waals surface area contributed by atoms with E-state index in [0.717, 1.165) is 25.1 Å². The van der Waals surface area contributed by atoms with Crippen LogP contribution in [0.3, 0.4) is 0 Å². The second-order valence-corrected chi connectivity index (χ2v) is 6.70. The largest absolute Gasteiger partial charge is 0.402 e. The maximum atomic E-state index is 12.5. The molecule has 0 aromatic heterocycles. The molecule has 0 radical (unpaired) electrons. The Kier molecular flexibility index (Phi) is 5.74. The molecule has 2 aromatic carbocycles. The van der Waals surface area contributed by atoms with Crippen molar-refractivity contribution in [2.24, 2.45) is 5.73 Å². The number of nitrogens with zero attached hydrogens (tertiary/aromatic N) is 1. The fourth-order valence-electron chi connectivity index (χ4n) is 2.92. The van der Waals surface area contributed by atoms with Gasteiger partial charge in [0.2, 0.25) is 0 Å². The van der Waals surface area contributed by atoms with Gasteiger partial charge in [0.15, 0.2) is 0 Å². The number of nitrogens with one attached hydrogen (secondary N) is 1. The number of carbonyl (C=O) groups is 1. The molecular weight excluding hydrogens is 334 g/mol. The number of hydrogen-bond donors (Lipinski definition) is 2. The van der Waals surface area contributed by atoms with Crippen LogP contribution >= 0.6 is 11.6 Å². The summed E-state index contributed by atoms with van der Waals surface area (Å²) in [7, 11) is 0. The molecular formula is C20H22ClN3O. The van der Waals surface area contributed by atoms with Gasteiger partial charge in [0.1, 0.15) is 0 Å². The number of benzene rings is 2. The molecule has 0 fully saturated rings. The molecule has 1 amide bonds. The van der Waals surface area contributed by atoms with E-state index in [9.17, 15) is 4.79 Å². The predicted molar refractivity (Wildman–Crippen MR) is 101 cm³/mol. The zero-order valence-electron chi connectivity index (χ0n) is 14.0. The van der Waals surface area contributed by atoms with E-state index in [0.29, 0.717) is 29.4 Å². The lowest BCUT2D eigenvalue weighted by Gasteiger charge is -2.29. The topological polar surface area (TPSA) is 58.4 Å². The summed E-state index contributed by atoms with van der Waals surface area (Å²) in [6, 6.07) is 17.7. The quantitative estimate of drug-likeness (QED) is 0.866. The molecule has 0 saturated carbocycles. The zero-order valence-corrected chi connectivity index (χ0v) is 14.8. The second kappa shape index (κ2) is 8.19. The first kappa shape index (κ1) is 17.5. The van der Waals surface area contributed by atoms with Crippen molar-refractivity contribution >= 4 is 17.5 Å². The zero-order chi connectivity index (χ0) is 17.6. The van der Waals surface area contributed by atoms with Crippen molar-refractivity contribution in [3.05, 3.63) is 82.0 Å². The van der Waals surface area contributed by atoms with Gasteiger partial charge in [0, 0.05) is 48.9 Å². The molecule has 1 aliphatic rings. The first-order valence-corrected chi connectivity index (χ1v) is 8.76. The van der Waals surface area contributed by atoms with Crippen LogP contribution in [-0.4, -0.2) is 23.9 Å². The number of nitrogens with two attached hydrogens (primary N) is 1. The summed E-state index contributed by atoms with van der Waals surface area (Å²) in [5.41, 5.74) is 9.72. The minimum atomic E-state index is -0.0924. The van der Waals surface area contributed by atoms with E-state index in [1.807, 2.05) is 42.5 Å². The number of amides is 1. The van der Waals surface area contributed by atoms with Crippen molar-refractivity contribution in [3.8, 4) is 0 Å². The van der Waals surface area contributed by atoms with Gasteiger partial charge in [0.25, 0.3) is 5.91 Å². The number of carbonyl (C=O) groups excluding carboxylic acids is 1. The Morgan fingerprint density at radius 1 is 1.08 bits per heavy atom. The smallest absolute Gasteiger partial charge is 0.250 e.